The third-order valence-electron chi connectivity index (χ3n) is 7.86. The van der Waals surface area contributed by atoms with E-state index in [0.717, 1.165) is 10.9 Å². The lowest BCUT2D eigenvalue weighted by Gasteiger charge is -2.45. The van der Waals surface area contributed by atoms with Gasteiger partial charge in [-0.15, -0.1) is 0 Å². The maximum Gasteiger partial charge on any atom is 0.407 e. The zero-order valence-corrected chi connectivity index (χ0v) is 25.3. The van der Waals surface area contributed by atoms with Gasteiger partial charge in [-0.25, -0.2) is 9.78 Å². The van der Waals surface area contributed by atoms with Gasteiger partial charge in [0.05, 0.1) is 17.9 Å². The average Bonchev–Trinajstić information content (AvgIpc) is 3.29. The number of carbonyl (C=O) groups is 2. The monoisotopic (exact) mass is 637 g/mol. The molecule has 4 rings (SSSR count). The zero-order valence-electron chi connectivity index (χ0n) is 24.3. The molecule has 2 aromatic rings. The number of hydrogen-bond acceptors (Lipinski definition) is 5. The first-order chi connectivity index (χ1) is 19.9. The van der Waals surface area contributed by atoms with Crippen molar-refractivity contribution in [3.63, 3.8) is 0 Å². The SMILES string of the molecule is C[Si](C)(C)CCOCn1ccc2c3c(cnc21)C(=O)N(CC(F)(F)F)CN3C1CCC(CN(CC(F)(F)F)C(=O)O)CC1. The summed E-state index contributed by atoms with van der Waals surface area (Å²) in [4.78, 5) is 31.9. The van der Waals surface area contributed by atoms with Crippen LogP contribution in [0.2, 0.25) is 25.7 Å². The molecule has 2 aromatic heterocycles. The predicted octanol–water partition coefficient (Wildman–Crippen LogP) is 6.23. The van der Waals surface area contributed by atoms with Crippen LogP contribution in [0.15, 0.2) is 18.5 Å². The number of fused-ring (bicyclic) bond motifs is 3. The van der Waals surface area contributed by atoms with Crippen LogP contribution in [0.25, 0.3) is 11.0 Å². The van der Waals surface area contributed by atoms with Gasteiger partial charge < -0.3 is 24.2 Å². The molecule has 0 radical (unpaired) electrons. The second-order valence-electron chi connectivity index (χ2n) is 12.6. The second kappa shape index (κ2) is 12.5. The Bertz CT molecular complexity index is 1300. The van der Waals surface area contributed by atoms with Gasteiger partial charge in [-0.2, -0.15) is 26.3 Å². The first-order valence-electron chi connectivity index (χ1n) is 14.1. The molecule has 1 saturated carbocycles. The molecule has 3 heterocycles. The van der Waals surface area contributed by atoms with Crippen LogP contribution in [-0.4, -0.2) is 95.8 Å². The van der Waals surface area contributed by atoms with Gasteiger partial charge in [0.15, 0.2) is 0 Å². The molecule has 1 N–H and O–H groups in total. The van der Waals surface area contributed by atoms with Gasteiger partial charge in [-0.1, -0.05) is 19.6 Å². The molecule has 9 nitrogen and oxygen atoms in total. The van der Waals surface area contributed by atoms with Crippen molar-refractivity contribution in [1.29, 1.82) is 0 Å². The largest absolute Gasteiger partial charge is 0.465 e. The number of anilines is 1. The van der Waals surface area contributed by atoms with E-state index in [9.17, 15) is 41.0 Å². The quantitative estimate of drug-likeness (QED) is 0.189. The van der Waals surface area contributed by atoms with Crippen LogP contribution in [0.1, 0.15) is 36.0 Å². The number of pyridine rings is 1. The molecule has 0 spiro atoms. The van der Waals surface area contributed by atoms with Gasteiger partial charge in [0.1, 0.15) is 25.5 Å². The number of alkyl halides is 6. The Morgan fingerprint density at radius 3 is 2.37 bits per heavy atom. The number of rotatable bonds is 10. The molecule has 1 fully saturated rings. The summed E-state index contributed by atoms with van der Waals surface area (Å²) in [5.41, 5.74) is 1.04. The Labute approximate surface area is 246 Å². The highest BCUT2D eigenvalue weighted by atomic mass is 28.3. The minimum Gasteiger partial charge on any atom is -0.465 e. The molecule has 0 saturated heterocycles. The van der Waals surface area contributed by atoms with Crippen molar-refractivity contribution in [3.05, 3.63) is 24.0 Å². The van der Waals surface area contributed by atoms with Gasteiger partial charge in [0.2, 0.25) is 0 Å². The van der Waals surface area contributed by atoms with Crippen molar-refractivity contribution in [3.8, 4) is 0 Å². The van der Waals surface area contributed by atoms with Crippen LogP contribution >= 0.6 is 0 Å². The summed E-state index contributed by atoms with van der Waals surface area (Å²) in [5, 5.41) is 9.85. The normalized spacial score (nSPS) is 20.1. The van der Waals surface area contributed by atoms with E-state index in [2.05, 4.69) is 24.6 Å². The summed E-state index contributed by atoms with van der Waals surface area (Å²) in [6.07, 6.45) is -6.33. The molecular weight excluding hydrogens is 600 g/mol. The molecule has 240 valence electrons. The molecule has 2 amide bonds. The van der Waals surface area contributed by atoms with E-state index < -0.39 is 45.5 Å². The van der Waals surface area contributed by atoms with Crippen LogP contribution in [-0.2, 0) is 11.5 Å². The van der Waals surface area contributed by atoms with Crippen molar-refractivity contribution in [1.82, 2.24) is 19.4 Å². The van der Waals surface area contributed by atoms with Crippen molar-refractivity contribution in [2.45, 2.75) is 76.5 Å². The first-order valence-corrected chi connectivity index (χ1v) is 17.9. The number of nitrogens with zero attached hydrogens (tertiary/aromatic N) is 5. The van der Waals surface area contributed by atoms with Crippen molar-refractivity contribution in [2.24, 2.45) is 5.92 Å². The Morgan fingerprint density at radius 1 is 1.12 bits per heavy atom. The predicted molar refractivity (Wildman–Crippen MR) is 150 cm³/mol. The number of carboxylic acid groups (broad SMARTS) is 1. The Hall–Kier alpha value is -3.01. The van der Waals surface area contributed by atoms with E-state index in [-0.39, 0.29) is 37.5 Å². The topological polar surface area (TPSA) is 91.1 Å². The molecule has 0 aromatic carbocycles. The number of aromatic nitrogens is 2. The standard InChI is InChI=1S/C27H37F6N5O4Si/c1-43(2,3)11-10-42-17-35-9-8-20-22-21(12-34-23(20)35)24(39)37(15-27(31,32)33)16-38(22)19-6-4-18(5-7-19)13-36(25(40)41)14-26(28,29)30/h8-9,12,18-19H,4-7,10-11,13-17H2,1-3H3,(H,40,41). The number of halogens is 6. The van der Waals surface area contributed by atoms with Crippen LogP contribution in [0.3, 0.4) is 0 Å². The minimum atomic E-state index is -4.67. The van der Waals surface area contributed by atoms with E-state index in [4.69, 9.17) is 4.74 Å². The van der Waals surface area contributed by atoms with E-state index in [0.29, 0.717) is 53.9 Å². The van der Waals surface area contributed by atoms with Crippen molar-refractivity contribution >= 4 is 36.8 Å². The first kappa shape index (κ1) is 32.9. The van der Waals surface area contributed by atoms with E-state index in [1.54, 1.807) is 21.7 Å². The van der Waals surface area contributed by atoms with E-state index >= 15 is 0 Å². The second-order valence-corrected chi connectivity index (χ2v) is 18.2. The Kier molecular flexibility index (Phi) is 9.59. The molecule has 0 unspecified atom stereocenters. The highest BCUT2D eigenvalue weighted by Gasteiger charge is 2.42. The molecule has 1 aliphatic carbocycles. The third-order valence-corrected chi connectivity index (χ3v) is 9.57. The molecule has 0 bridgehead atoms. The summed E-state index contributed by atoms with van der Waals surface area (Å²) in [6.45, 7) is 3.90. The van der Waals surface area contributed by atoms with Crippen molar-refractivity contribution < 1.29 is 45.8 Å². The lowest BCUT2D eigenvalue weighted by atomic mass is 9.84. The summed E-state index contributed by atoms with van der Waals surface area (Å²) in [7, 11) is -1.30. The highest BCUT2D eigenvalue weighted by Crippen LogP contribution is 2.40. The summed E-state index contributed by atoms with van der Waals surface area (Å²) >= 11 is 0. The molecule has 0 atom stereocenters. The Morgan fingerprint density at radius 2 is 1.79 bits per heavy atom. The fraction of sp³-hybridized carbons (Fsp3) is 0.667. The molecule has 16 heteroatoms. The van der Waals surface area contributed by atoms with E-state index in [1.165, 1.54) is 6.20 Å². The lowest BCUT2D eigenvalue weighted by molar-refractivity contribution is -0.143. The smallest absolute Gasteiger partial charge is 0.407 e. The van der Waals surface area contributed by atoms with Crippen LogP contribution in [0.5, 0.6) is 0 Å². The molecular formula is C27H37F6N5O4Si. The van der Waals surface area contributed by atoms with Crippen molar-refractivity contribution in [2.75, 3.05) is 37.8 Å². The lowest BCUT2D eigenvalue weighted by Crippen LogP contribution is -2.54. The Balaban J connectivity index is 1.57. The number of amides is 2. The highest BCUT2D eigenvalue weighted by molar-refractivity contribution is 6.76. The fourth-order valence-electron chi connectivity index (χ4n) is 5.74. The summed E-state index contributed by atoms with van der Waals surface area (Å²) in [6, 6.07) is 2.41. The van der Waals surface area contributed by atoms with Crippen LogP contribution < -0.4 is 4.90 Å². The van der Waals surface area contributed by atoms with E-state index in [1.807, 2.05) is 0 Å². The van der Waals surface area contributed by atoms with Gasteiger partial charge in [0, 0.05) is 45.0 Å². The number of carbonyl (C=O) groups excluding carboxylic acids is 1. The zero-order chi connectivity index (χ0) is 31.7. The fourth-order valence-corrected chi connectivity index (χ4v) is 6.50. The summed E-state index contributed by atoms with van der Waals surface area (Å²) < 4.78 is 86.5. The number of hydrogen-bond donors (Lipinski definition) is 1. The van der Waals surface area contributed by atoms with Gasteiger partial charge in [-0.3, -0.25) is 9.69 Å². The van der Waals surface area contributed by atoms with Gasteiger partial charge in [-0.05, 0) is 43.7 Å². The van der Waals surface area contributed by atoms with Gasteiger partial charge >= 0.3 is 18.4 Å². The molecule has 43 heavy (non-hydrogen) atoms. The van der Waals surface area contributed by atoms with Gasteiger partial charge in [0.25, 0.3) is 5.91 Å². The average molecular weight is 638 g/mol. The minimum absolute atomic E-state index is 0.0461. The summed E-state index contributed by atoms with van der Waals surface area (Å²) in [5.74, 6) is -1.12. The maximum atomic E-state index is 13.4. The third kappa shape index (κ3) is 8.55. The maximum absolute atomic E-state index is 13.4. The van der Waals surface area contributed by atoms with Crippen LogP contribution in [0.4, 0.5) is 36.8 Å². The molecule has 2 aliphatic rings. The molecule has 1 aliphatic heterocycles. The van der Waals surface area contributed by atoms with Crippen LogP contribution in [0, 0.1) is 5.92 Å². The number of ether oxygens (including phenoxy) is 1.